The topological polar surface area (TPSA) is 154 Å². The first-order chi connectivity index (χ1) is 15.3. The van der Waals surface area contributed by atoms with Crippen molar-refractivity contribution in [2.24, 2.45) is 0 Å². The van der Waals surface area contributed by atoms with Gasteiger partial charge in [-0.05, 0) is 19.1 Å². The maximum absolute atomic E-state index is 12.3. The molecule has 0 aliphatic carbocycles. The van der Waals surface area contributed by atoms with Gasteiger partial charge in [0.05, 0.1) is 23.3 Å². The predicted molar refractivity (Wildman–Crippen MR) is 114 cm³/mol. The van der Waals surface area contributed by atoms with Crippen LogP contribution in [0.1, 0.15) is 23.9 Å². The van der Waals surface area contributed by atoms with Crippen LogP contribution in [0.4, 0.5) is 10.8 Å². The molecule has 32 heavy (non-hydrogen) atoms. The van der Waals surface area contributed by atoms with Crippen molar-refractivity contribution in [2.45, 2.75) is 19.4 Å². The fraction of sp³-hybridized carbons (Fsp3) is 0.200. The van der Waals surface area contributed by atoms with Crippen molar-refractivity contribution in [3.63, 3.8) is 0 Å². The summed E-state index contributed by atoms with van der Waals surface area (Å²) in [5.74, 6) is -1.59. The van der Waals surface area contributed by atoms with E-state index in [-0.39, 0.29) is 29.5 Å². The Morgan fingerprint density at radius 1 is 1.28 bits per heavy atom. The molecule has 11 nitrogen and oxygen atoms in total. The largest absolute Gasteiger partial charge is 0.459 e. The minimum Gasteiger partial charge on any atom is -0.459 e. The Balaban J connectivity index is 1.47. The number of thiazole rings is 1. The Hall–Kier alpha value is -4.06. The first-order valence-electron chi connectivity index (χ1n) is 9.36. The van der Waals surface area contributed by atoms with Gasteiger partial charge in [0, 0.05) is 29.6 Å². The van der Waals surface area contributed by atoms with Gasteiger partial charge in [-0.3, -0.25) is 29.8 Å². The van der Waals surface area contributed by atoms with Crippen molar-refractivity contribution in [2.75, 3.05) is 11.9 Å². The third kappa shape index (κ3) is 5.98. The van der Waals surface area contributed by atoms with Crippen LogP contribution in [0.3, 0.4) is 0 Å². The van der Waals surface area contributed by atoms with Gasteiger partial charge in [-0.15, -0.1) is 11.3 Å². The number of furan rings is 1. The summed E-state index contributed by atoms with van der Waals surface area (Å²) in [4.78, 5) is 50.6. The lowest BCUT2D eigenvalue weighted by molar-refractivity contribution is -0.384. The zero-order valence-electron chi connectivity index (χ0n) is 16.8. The molecule has 1 aromatic carbocycles. The molecule has 2 N–H and O–H groups in total. The summed E-state index contributed by atoms with van der Waals surface area (Å²) in [7, 11) is 0. The van der Waals surface area contributed by atoms with Crippen molar-refractivity contribution in [1.82, 2.24) is 10.3 Å². The second-order valence-corrected chi connectivity index (χ2v) is 7.31. The third-order valence-corrected chi connectivity index (χ3v) is 4.88. The van der Waals surface area contributed by atoms with Crippen LogP contribution < -0.4 is 10.6 Å². The molecule has 2 heterocycles. The molecule has 2 amide bonds. The lowest BCUT2D eigenvalue weighted by Gasteiger charge is -2.12. The maximum Gasteiger partial charge on any atom is 0.308 e. The molecule has 0 saturated carbocycles. The molecule has 3 aromatic rings. The average molecular weight is 458 g/mol. The highest BCUT2D eigenvalue weighted by Crippen LogP contribution is 2.27. The quantitative estimate of drug-likeness (QED) is 0.282. The normalized spacial score (nSPS) is 11.4. The number of nitrogens with one attached hydrogen (secondary N) is 2. The second kappa shape index (κ2) is 10.3. The lowest BCUT2D eigenvalue weighted by Crippen LogP contribution is -2.32. The summed E-state index contributed by atoms with van der Waals surface area (Å²) in [6, 6.07) is 9.03. The van der Waals surface area contributed by atoms with Gasteiger partial charge >= 0.3 is 5.97 Å². The number of ether oxygens (including phenoxy) is 1. The number of aromatic nitrogens is 1. The first-order valence-corrected chi connectivity index (χ1v) is 10.2. The van der Waals surface area contributed by atoms with Crippen LogP contribution in [0, 0.1) is 10.1 Å². The molecule has 1 atom stereocenters. The monoisotopic (exact) mass is 458 g/mol. The molecule has 0 saturated heterocycles. The third-order valence-electron chi connectivity index (χ3n) is 4.12. The van der Waals surface area contributed by atoms with E-state index in [2.05, 4.69) is 15.6 Å². The van der Waals surface area contributed by atoms with Gasteiger partial charge < -0.3 is 14.5 Å². The summed E-state index contributed by atoms with van der Waals surface area (Å²) in [5, 5.41) is 17.9. The van der Waals surface area contributed by atoms with Gasteiger partial charge in [-0.2, -0.15) is 0 Å². The molecular weight excluding hydrogens is 440 g/mol. The summed E-state index contributed by atoms with van der Waals surface area (Å²) in [6.45, 7) is 1.43. The zero-order chi connectivity index (χ0) is 23.1. The Bertz CT molecular complexity index is 1130. The van der Waals surface area contributed by atoms with Crippen LogP contribution in [0.25, 0.3) is 11.3 Å². The maximum atomic E-state index is 12.3. The van der Waals surface area contributed by atoms with E-state index in [0.29, 0.717) is 11.3 Å². The number of hydrogen-bond donors (Lipinski definition) is 2. The highest BCUT2D eigenvalue weighted by atomic mass is 32.1. The van der Waals surface area contributed by atoms with Crippen molar-refractivity contribution in [1.29, 1.82) is 0 Å². The smallest absolute Gasteiger partial charge is 0.308 e. The van der Waals surface area contributed by atoms with Crippen molar-refractivity contribution >= 4 is 39.9 Å². The Labute approximate surface area is 185 Å². The molecule has 0 spiro atoms. The summed E-state index contributed by atoms with van der Waals surface area (Å²) < 4.78 is 10.0. The Kier molecular flexibility index (Phi) is 7.29. The van der Waals surface area contributed by atoms with Gasteiger partial charge in [0.1, 0.15) is 0 Å². The average Bonchev–Trinajstić information content (AvgIpc) is 3.46. The predicted octanol–water partition coefficient (Wildman–Crippen LogP) is 3.00. The van der Waals surface area contributed by atoms with Crippen LogP contribution in [0.5, 0.6) is 0 Å². The number of nitro benzene ring substituents is 1. The minimum absolute atomic E-state index is 0.0196. The molecule has 2 aromatic heterocycles. The molecule has 0 radical (unpaired) electrons. The fourth-order valence-electron chi connectivity index (χ4n) is 2.53. The van der Waals surface area contributed by atoms with Crippen molar-refractivity contribution in [3.05, 3.63) is 63.9 Å². The number of carbonyl (C=O) groups excluding carboxylic acids is 3. The van der Waals surface area contributed by atoms with E-state index in [1.807, 2.05) is 0 Å². The summed E-state index contributed by atoms with van der Waals surface area (Å²) in [6.07, 6.45) is 0.144. The van der Waals surface area contributed by atoms with Crippen LogP contribution >= 0.6 is 11.3 Å². The molecule has 0 aliphatic heterocycles. The van der Waals surface area contributed by atoms with Gasteiger partial charge in [0.25, 0.3) is 17.5 Å². The van der Waals surface area contributed by atoms with E-state index >= 15 is 0 Å². The van der Waals surface area contributed by atoms with E-state index in [4.69, 9.17) is 9.15 Å². The number of rotatable bonds is 9. The summed E-state index contributed by atoms with van der Waals surface area (Å²) >= 11 is 1.13. The molecule has 3 rings (SSSR count). The van der Waals surface area contributed by atoms with E-state index in [1.165, 1.54) is 31.4 Å². The molecular formula is C20H18N4O7S. The van der Waals surface area contributed by atoms with E-state index in [9.17, 15) is 24.5 Å². The lowest BCUT2D eigenvalue weighted by atomic mass is 10.1. The molecule has 12 heteroatoms. The van der Waals surface area contributed by atoms with Crippen molar-refractivity contribution in [3.8, 4) is 11.3 Å². The van der Waals surface area contributed by atoms with E-state index in [0.717, 1.165) is 11.3 Å². The highest BCUT2D eigenvalue weighted by molar-refractivity contribution is 7.14. The van der Waals surface area contributed by atoms with Gasteiger partial charge in [-0.25, -0.2) is 4.98 Å². The zero-order valence-corrected chi connectivity index (χ0v) is 17.6. The van der Waals surface area contributed by atoms with E-state index < -0.39 is 28.8 Å². The number of hydrogen-bond acceptors (Lipinski definition) is 9. The second-order valence-electron chi connectivity index (χ2n) is 6.45. The number of benzene rings is 1. The number of carbonyl (C=O) groups is 3. The van der Waals surface area contributed by atoms with E-state index in [1.54, 1.807) is 23.6 Å². The number of anilines is 1. The summed E-state index contributed by atoms with van der Waals surface area (Å²) in [5.41, 5.74) is 0.930. The van der Waals surface area contributed by atoms with Crippen molar-refractivity contribution < 1.29 is 28.5 Å². The van der Waals surface area contributed by atoms with Crippen LogP contribution in [0.15, 0.2) is 52.5 Å². The molecule has 0 fully saturated rings. The number of esters is 1. The number of non-ortho nitro benzene ring substituents is 1. The number of nitro groups is 1. The van der Waals surface area contributed by atoms with Gasteiger partial charge in [-0.1, -0.05) is 12.1 Å². The first kappa shape index (κ1) is 22.6. The van der Waals surface area contributed by atoms with Gasteiger partial charge in [0.2, 0.25) is 0 Å². The molecule has 0 bridgehead atoms. The number of nitrogens with zero attached hydrogens (tertiary/aromatic N) is 2. The minimum atomic E-state index is -1.09. The Morgan fingerprint density at radius 3 is 2.81 bits per heavy atom. The SMILES string of the molecule is CC(OC(=O)CCNC(=O)c1ccco1)C(=O)Nc1nc(-c2cccc([N+](=O)[O-])c2)cs1. The van der Waals surface area contributed by atoms with Crippen LogP contribution in [-0.4, -0.2) is 40.3 Å². The molecule has 1 unspecified atom stereocenters. The highest BCUT2D eigenvalue weighted by Gasteiger charge is 2.20. The van der Waals surface area contributed by atoms with Crippen LogP contribution in [0.2, 0.25) is 0 Å². The fourth-order valence-corrected chi connectivity index (χ4v) is 3.25. The standard InChI is InChI=1S/C20H18N4O7S/c1-12(31-17(25)7-8-21-19(27)16-6-3-9-30-16)18(26)23-20-22-15(11-32-20)13-4-2-5-14(10-13)24(28)29/h2-6,9-12H,7-8H2,1H3,(H,21,27)(H,22,23,26). The Morgan fingerprint density at radius 2 is 2.09 bits per heavy atom. The van der Waals surface area contributed by atoms with Gasteiger partial charge in [0.15, 0.2) is 17.0 Å². The number of amides is 2. The molecule has 166 valence electrons. The van der Waals surface area contributed by atoms with Crippen LogP contribution in [-0.2, 0) is 14.3 Å². The molecule has 0 aliphatic rings.